The summed E-state index contributed by atoms with van der Waals surface area (Å²) in [6.07, 6.45) is 1.54. The number of carboxylic acid groups (broad SMARTS) is 1. The molecule has 0 amide bonds. The number of aryl methyl sites for hydroxylation is 1. The van der Waals surface area contributed by atoms with E-state index >= 15 is 0 Å². The molecule has 1 aliphatic heterocycles. The van der Waals surface area contributed by atoms with Crippen molar-refractivity contribution in [2.24, 2.45) is 0 Å². The standard InChI is InChI=1S/C23H19ClO3/c24-20-6-2-5-19(16-4-1-3-15(13-16)7-10-22(25)26)23(20)18-8-9-21-17(14-18)11-12-27-21/h1-6,8-9,13-14H,7,10-12H2,(H,25,26). The maximum absolute atomic E-state index is 10.9. The molecule has 0 aliphatic carbocycles. The van der Waals surface area contributed by atoms with E-state index in [1.165, 1.54) is 5.56 Å². The van der Waals surface area contributed by atoms with Crippen molar-refractivity contribution in [1.29, 1.82) is 0 Å². The minimum absolute atomic E-state index is 0.122. The fraction of sp³-hybridized carbons (Fsp3) is 0.174. The zero-order chi connectivity index (χ0) is 18.8. The van der Waals surface area contributed by atoms with Gasteiger partial charge in [-0.3, -0.25) is 4.79 Å². The summed E-state index contributed by atoms with van der Waals surface area (Å²) in [6.45, 7) is 0.722. The highest BCUT2D eigenvalue weighted by Crippen LogP contribution is 2.40. The highest BCUT2D eigenvalue weighted by molar-refractivity contribution is 6.34. The van der Waals surface area contributed by atoms with Crippen LogP contribution in [0.3, 0.4) is 0 Å². The molecule has 0 atom stereocenters. The first-order valence-corrected chi connectivity index (χ1v) is 9.35. The molecule has 0 radical (unpaired) electrons. The van der Waals surface area contributed by atoms with Gasteiger partial charge < -0.3 is 9.84 Å². The topological polar surface area (TPSA) is 46.5 Å². The fourth-order valence-electron chi connectivity index (χ4n) is 3.55. The molecule has 0 fully saturated rings. The summed E-state index contributed by atoms with van der Waals surface area (Å²) in [5, 5.41) is 9.64. The minimum atomic E-state index is -0.788. The second-order valence-corrected chi connectivity index (χ2v) is 7.08. The van der Waals surface area contributed by atoms with E-state index in [0.717, 1.165) is 46.6 Å². The maximum Gasteiger partial charge on any atom is 0.303 e. The number of rotatable bonds is 5. The lowest BCUT2D eigenvalue weighted by atomic mass is 9.92. The van der Waals surface area contributed by atoms with Gasteiger partial charge in [0.15, 0.2) is 0 Å². The first-order chi connectivity index (χ1) is 13.1. The lowest BCUT2D eigenvalue weighted by Gasteiger charge is -2.14. The number of hydrogen-bond acceptors (Lipinski definition) is 2. The molecule has 1 aliphatic rings. The molecule has 0 aromatic heterocycles. The second kappa shape index (κ2) is 7.45. The van der Waals surface area contributed by atoms with Gasteiger partial charge in [0.25, 0.3) is 0 Å². The van der Waals surface area contributed by atoms with E-state index in [2.05, 4.69) is 18.2 Å². The molecule has 0 bridgehead atoms. The van der Waals surface area contributed by atoms with E-state index in [1.54, 1.807) is 0 Å². The van der Waals surface area contributed by atoms with Crippen molar-refractivity contribution in [3.63, 3.8) is 0 Å². The summed E-state index contributed by atoms with van der Waals surface area (Å²) in [6, 6.07) is 20.1. The van der Waals surface area contributed by atoms with Gasteiger partial charge in [-0.15, -0.1) is 0 Å². The largest absolute Gasteiger partial charge is 0.493 e. The van der Waals surface area contributed by atoms with Gasteiger partial charge in [0.05, 0.1) is 6.61 Å². The first kappa shape index (κ1) is 17.6. The van der Waals surface area contributed by atoms with Gasteiger partial charge in [0, 0.05) is 23.4 Å². The number of aliphatic carboxylic acids is 1. The SMILES string of the molecule is O=C(O)CCc1cccc(-c2cccc(Cl)c2-c2ccc3c(c2)CCO3)c1. The van der Waals surface area contributed by atoms with Crippen molar-refractivity contribution < 1.29 is 14.6 Å². The summed E-state index contributed by atoms with van der Waals surface area (Å²) in [7, 11) is 0. The number of fused-ring (bicyclic) bond motifs is 1. The number of carboxylic acids is 1. The molecule has 3 aromatic carbocycles. The molecule has 4 heteroatoms. The smallest absolute Gasteiger partial charge is 0.303 e. The third-order valence-corrected chi connectivity index (χ3v) is 5.17. The van der Waals surface area contributed by atoms with Crippen molar-refractivity contribution in [3.8, 4) is 28.0 Å². The predicted octanol–water partition coefficient (Wildman–Crippen LogP) is 5.63. The Kier molecular flexibility index (Phi) is 4.87. The zero-order valence-electron chi connectivity index (χ0n) is 14.7. The Morgan fingerprint density at radius 3 is 2.74 bits per heavy atom. The Morgan fingerprint density at radius 2 is 1.89 bits per heavy atom. The Morgan fingerprint density at radius 1 is 1.04 bits per heavy atom. The highest BCUT2D eigenvalue weighted by atomic mass is 35.5. The maximum atomic E-state index is 10.9. The van der Waals surface area contributed by atoms with Gasteiger partial charge in [-0.2, -0.15) is 0 Å². The van der Waals surface area contributed by atoms with Gasteiger partial charge in [-0.25, -0.2) is 0 Å². The van der Waals surface area contributed by atoms with Crippen molar-refractivity contribution in [3.05, 3.63) is 76.8 Å². The van der Waals surface area contributed by atoms with Crippen LogP contribution in [-0.4, -0.2) is 17.7 Å². The Hall–Kier alpha value is -2.78. The fourth-order valence-corrected chi connectivity index (χ4v) is 3.83. The summed E-state index contributed by atoms with van der Waals surface area (Å²) in [5.41, 5.74) is 6.34. The number of hydrogen-bond donors (Lipinski definition) is 1. The van der Waals surface area contributed by atoms with Gasteiger partial charge >= 0.3 is 5.97 Å². The monoisotopic (exact) mass is 378 g/mol. The van der Waals surface area contributed by atoms with Crippen molar-refractivity contribution >= 4 is 17.6 Å². The van der Waals surface area contributed by atoms with Crippen molar-refractivity contribution in [1.82, 2.24) is 0 Å². The third kappa shape index (κ3) is 3.69. The summed E-state index contributed by atoms with van der Waals surface area (Å²) in [5.74, 6) is 0.159. The van der Waals surface area contributed by atoms with Crippen LogP contribution < -0.4 is 4.74 Å². The number of ether oxygens (including phenoxy) is 1. The van der Waals surface area contributed by atoms with E-state index in [4.69, 9.17) is 21.4 Å². The van der Waals surface area contributed by atoms with Crippen LogP contribution in [0.5, 0.6) is 5.75 Å². The Balaban J connectivity index is 1.78. The average molecular weight is 379 g/mol. The quantitative estimate of drug-likeness (QED) is 0.626. The lowest BCUT2D eigenvalue weighted by molar-refractivity contribution is -0.136. The minimum Gasteiger partial charge on any atom is -0.493 e. The van der Waals surface area contributed by atoms with Crippen LogP contribution in [0.4, 0.5) is 0 Å². The highest BCUT2D eigenvalue weighted by Gasteiger charge is 2.16. The molecule has 3 aromatic rings. The van der Waals surface area contributed by atoms with Crippen LogP contribution in [0, 0.1) is 0 Å². The first-order valence-electron chi connectivity index (χ1n) is 8.97. The predicted molar refractivity (Wildman–Crippen MR) is 107 cm³/mol. The molecule has 0 spiro atoms. The van der Waals surface area contributed by atoms with Crippen LogP contribution in [-0.2, 0) is 17.6 Å². The molecule has 136 valence electrons. The van der Waals surface area contributed by atoms with Crippen LogP contribution in [0.2, 0.25) is 5.02 Å². The van der Waals surface area contributed by atoms with E-state index in [-0.39, 0.29) is 6.42 Å². The van der Waals surface area contributed by atoms with Crippen LogP contribution in [0.15, 0.2) is 60.7 Å². The number of benzene rings is 3. The normalized spacial score (nSPS) is 12.5. The summed E-state index contributed by atoms with van der Waals surface area (Å²) < 4.78 is 5.62. The molecule has 3 nitrogen and oxygen atoms in total. The van der Waals surface area contributed by atoms with Gasteiger partial charge in [-0.1, -0.05) is 54.1 Å². The van der Waals surface area contributed by atoms with Gasteiger partial charge in [0.1, 0.15) is 5.75 Å². The molecule has 27 heavy (non-hydrogen) atoms. The van der Waals surface area contributed by atoms with E-state index < -0.39 is 5.97 Å². The number of carbonyl (C=O) groups is 1. The molecule has 0 saturated heterocycles. The molecular weight excluding hydrogens is 360 g/mol. The molecule has 1 N–H and O–H groups in total. The van der Waals surface area contributed by atoms with Crippen LogP contribution in [0.25, 0.3) is 22.3 Å². The van der Waals surface area contributed by atoms with E-state index in [0.29, 0.717) is 11.4 Å². The number of halogens is 1. The van der Waals surface area contributed by atoms with Crippen molar-refractivity contribution in [2.45, 2.75) is 19.3 Å². The second-order valence-electron chi connectivity index (χ2n) is 6.68. The molecule has 0 unspecified atom stereocenters. The van der Waals surface area contributed by atoms with Crippen LogP contribution in [0.1, 0.15) is 17.5 Å². The molecular formula is C23H19ClO3. The van der Waals surface area contributed by atoms with Crippen molar-refractivity contribution in [2.75, 3.05) is 6.61 Å². The zero-order valence-corrected chi connectivity index (χ0v) is 15.5. The summed E-state index contributed by atoms with van der Waals surface area (Å²) in [4.78, 5) is 10.9. The van der Waals surface area contributed by atoms with Gasteiger partial charge in [0.2, 0.25) is 0 Å². The Labute approximate surface area is 163 Å². The average Bonchev–Trinajstić information content (AvgIpc) is 3.14. The van der Waals surface area contributed by atoms with Gasteiger partial charge in [-0.05, 0) is 52.4 Å². The molecule has 1 heterocycles. The molecule has 4 rings (SSSR count). The van der Waals surface area contributed by atoms with Crippen LogP contribution >= 0.6 is 11.6 Å². The lowest BCUT2D eigenvalue weighted by Crippen LogP contribution is -1.97. The Bertz CT molecular complexity index is 1010. The van der Waals surface area contributed by atoms with E-state index in [9.17, 15) is 4.79 Å². The summed E-state index contributed by atoms with van der Waals surface area (Å²) >= 11 is 6.60. The third-order valence-electron chi connectivity index (χ3n) is 4.86. The molecule has 0 saturated carbocycles. The van der Waals surface area contributed by atoms with E-state index in [1.807, 2.05) is 42.5 Å².